The standard InChI is InChI=1S/C19H25N3O3S2/c1-11-6-5-7-12(2)22(11)15(23)8-25-16(24)9-26-18-17-13(3)14(4)27-19(17)21-10-20-18/h10-12H,5-9H2,1-4H3/t11-,12-/m0/s1. The lowest BCUT2D eigenvalue weighted by molar-refractivity contribution is -0.153. The zero-order valence-corrected chi connectivity index (χ0v) is 17.8. The van der Waals surface area contributed by atoms with Crippen LogP contribution in [0.1, 0.15) is 43.6 Å². The summed E-state index contributed by atoms with van der Waals surface area (Å²) in [6, 6.07) is 0.405. The second-order valence-corrected chi connectivity index (χ2v) is 9.19. The number of nitrogens with zero attached hydrogens (tertiary/aromatic N) is 3. The number of rotatable bonds is 5. The molecule has 1 fully saturated rings. The first-order valence-electron chi connectivity index (χ1n) is 9.18. The number of ether oxygens (including phenoxy) is 1. The minimum absolute atomic E-state index is 0.109. The molecule has 0 bridgehead atoms. The SMILES string of the molecule is Cc1sc2ncnc(SCC(=O)OCC(=O)N3[C@@H](C)CCC[C@@H]3C)c2c1C. The Morgan fingerprint density at radius 2 is 1.96 bits per heavy atom. The molecule has 3 rings (SSSR count). The van der Waals surface area contributed by atoms with E-state index in [0.29, 0.717) is 0 Å². The smallest absolute Gasteiger partial charge is 0.316 e. The average molecular weight is 408 g/mol. The van der Waals surface area contributed by atoms with Crippen LogP contribution in [-0.2, 0) is 14.3 Å². The molecular formula is C19H25N3O3S2. The van der Waals surface area contributed by atoms with Gasteiger partial charge >= 0.3 is 5.97 Å². The zero-order chi connectivity index (χ0) is 19.6. The lowest BCUT2D eigenvalue weighted by Gasteiger charge is -2.38. The average Bonchev–Trinajstić information content (AvgIpc) is 2.93. The summed E-state index contributed by atoms with van der Waals surface area (Å²) in [7, 11) is 0. The van der Waals surface area contributed by atoms with E-state index in [1.54, 1.807) is 11.3 Å². The molecule has 0 aromatic carbocycles. The number of thioether (sulfide) groups is 1. The van der Waals surface area contributed by atoms with Gasteiger partial charge in [0.2, 0.25) is 0 Å². The number of carbonyl (C=O) groups is 2. The number of aryl methyl sites for hydroxylation is 2. The van der Waals surface area contributed by atoms with Crippen molar-refractivity contribution in [3.05, 3.63) is 16.8 Å². The Morgan fingerprint density at radius 1 is 1.26 bits per heavy atom. The molecule has 6 nitrogen and oxygen atoms in total. The second kappa shape index (κ2) is 8.56. The number of esters is 1. The predicted molar refractivity (Wildman–Crippen MR) is 108 cm³/mol. The summed E-state index contributed by atoms with van der Waals surface area (Å²) >= 11 is 2.96. The summed E-state index contributed by atoms with van der Waals surface area (Å²) in [5.41, 5.74) is 1.15. The predicted octanol–water partition coefficient (Wildman–Crippen LogP) is 3.73. The van der Waals surface area contributed by atoms with Gasteiger partial charge in [0.25, 0.3) is 5.91 Å². The van der Waals surface area contributed by atoms with E-state index in [-0.39, 0.29) is 30.4 Å². The number of hydrogen-bond donors (Lipinski definition) is 0. The molecule has 2 atom stereocenters. The molecule has 27 heavy (non-hydrogen) atoms. The van der Waals surface area contributed by atoms with Crippen LogP contribution in [0.3, 0.4) is 0 Å². The molecule has 3 heterocycles. The van der Waals surface area contributed by atoms with Crippen LogP contribution in [0.2, 0.25) is 0 Å². The van der Waals surface area contributed by atoms with Gasteiger partial charge in [-0.05, 0) is 52.5 Å². The van der Waals surface area contributed by atoms with Crippen LogP contribution in [0, 0.1) is 13.8 Å². The van der Waals surface area contributed by atoms with Crippen molar-refractivity contribution in [2.45, 2.75) is 64.1 Å². The van der Waals surface area contributed by atoms with E-state index in [1.165, 1.54) is 23.0 Å². The molecule has 2 aromatic heterocycles. The maximum absolute atomic E-state index is 12.4. The van der Waals surface area contributed by atoms with E-state index in [4.69, 9.17) is 4.74 Å². The largest absolute Gasteiger partial charge is 0.455 e. The molecule has 1 amide bonds. The van der Waals surface area contributed by atoms with Crippen LogP contribution >= 0.6 is 23.1 Å². The molecule has 0 radical (unpaired) electrons. The number of likely N-dealkylation sites (tertiary alicyclic amines) is 1. The lowest BCUT2D eigenvalue weighted by Crippen LogP contribution is -2.49. The van der Waals surface area contributed by atoms with Gasteiger partial charge in [-0.15, -0.1) is 11.3 Å². The fraction of sp³-hybridized carbons (Fsp3) is 0.579. The van der Waals surface area contributed by atoms with Crippen molar-refractivity contribution in [1.82, 2.24) is 14.9 Å². The van der Waals surface area contributed by atoms with E-state index in [9.17, 15) is 9.59 Å². The topological polar surface area (TPSA) is 72.4 Å². The molecule has 8 heteroatoms. The number of amides is 1. The lowest BCUT2D eigenvalue weighted by atomic mass is 9.97. The highest BCUT2D eigenvalue weighted by molar-refractivity contribution is 8.00. The monoisotopic (exact) mass is 407 g/mol. The molecule has 0 saturated carbocycles. The van der Waals surface area contributed by atoms with E-state index in [1.807, 2.05) is 11.8 Å². The van der Waals surface area contributed by atoms with Gasteiger partial charge in [-0.2, -0.15) is 0 Å². The molecule has 2 aromatic rings. The summed E-state index contributed by atoms with van der Waals surface area (Å²) in [6.45, 7) is 8.01. The van der Waals surface area contributed by atoms with Gasteiger partial charge in [0.05, 0.1) is 5.75 Å². The van der Waals surface area contributed by atoms with E-state index < -0.39 is 5.97 Å². The molecule has 0 unspecified atom stereocenters. The van der Waals surface area contributed by atoms with Gasteiger partial charge in [0.15, 0.2) is 6.61 Å². The highest BCUT2D eigenvalue weighted by atomic mass is 32.2. The van der Waals surface area contributed by atoms with Crippen LogP contribution in [0.25, 0.3) is 10.2 Å². The molecule has 1 aliphatic rings. The van der Waals surface area contributed by atoms with E-state index >= 15 is 0 Å². The van der Waals surface area contributed by atoms with Gasteiger partial charge in [-0.25, -0.2) is 9.97 Å². The minimum atomic E-state index is -0.401. The van der Waals surface area contributed by atoms with Gasteiger partial charge in [-0.3, -0.25) is 9.59 Å². The molecule has 0 aliphatic carbocycles. The number of aromatic nitrogens is 2. The van der Waals surface area contributed by atoms with Gasteiger partial charge in [0, 0.05) is 22.3 Å². The van der Waals surface area contributed by atoms with Crippen molar-refractivity contribution >= 4 is 45.2 Å². The normalized spacial score (nSPS) is 20.1. The van der Waals surface area contributed by atoms with Crippen LogP contribution in [0.15, 0.2) is 11.4 Å². The fourth-order valence-corrected chi connectivity index (χ4v) is 5.47. The third-order valence-electron chi connectivity index (χ3n) is 5.10. The third-order valence-corrected chi connectivity index (χ3v) is 7.17. The van der Waals surface area contributed by atoms with Crippen molar-refractivity contribution in [3.8, 4) is 0 Å². The van der Waals surface area contributed by atoms with Gasteiger partial charge in [-0.1, -0.05) is 11.8 Å². The maximum Gasteiger partial charge on any atom is 0.316 e. The second-order valence-electron chi connectivity index (χ2n) is 7.02. The Hall–Kier alpha value is -1.67. The third kappa shape index (κ3) is 4.43. The van der Waals surface area contributed by atoms with Crippen LogP contribution in [0.5, 0.6) is 0 Å². The zero-order valence-electron chi connectivity index (χ0n) is 16.2. The van der Waals surface area contributed by atoms with E-state index in [2.05, 4.69) is 30.7 Å². The van der Waals surface area contributed by atoms with Crippen molar-refractivity contribution in [2.24, 2.45) is 0 Å². The molecular weight excluding hydrogens is 382 g/mol. The van der Waals surface area contributed by atoms with Crippen LogP contribution in [-0.4, -0.2) is 51.2 Å². The number of thiophene rings is 1. The Kier molecular flexibility index (Phi) is 6.37. The first kappa shape index (κ1) is 20.1. The highest BCUT2D eigenvalue weighted by Gasteiger charge is 2.29. The Balaban J connectivity index is 1.55. The molecule has 1 aliphatic heterocycles. The highest BCUT2D eigenvalue weighted by Crippen LogP contribution is 2.34. The molecule has 1 saturated heterocycles. The molecule has 146 valence electrons. The number of hydrogen-bond acceptors (Lipinski definition) is 7. The van der Waals surface area contributed by atoms with Crippen molar-refractivity contribution in [3.63, 3.8) is 0 Å². The van der Waals surface area contributed by atoms with Crippen LogP contribution in [0.4, 0.5) is 0 Å². The van der Waals surface area contributed by atoms with Crippen molar-refractivity contribution in [2.75, 3.05) is 12.4 Å². The van der Waals surface area contributed by atoms with Crippen LogP contribution < -0.4 is 0 Å². The quantitative estimate of drug-likeness (QED) is 0.427. The summed E-state index contributed by atoms with van der Waals surface area (Å²) in [6.07, 6.45) is 4.66. The summed E-state index contributed by atoms with van der Waals surface area (Å²) in [4.78, 5) is 37.2. The Bertz CT molecular complexity index is 842. The van der Waals surface area contributed by atoms with Gasteiger partial charge in [0.1, 0.15) is 16.2 Å². The van der Waals surface area contributed by atoms with Crippen molar-refractivity contribution < 1.29 is 14.3 Å². The minimum Gasteiger partial charge on any atom is -0.455 e. The summed E-state index contributed by atoms with van der Waals surface area (Å²) < 4.78 is 5.23. The Morgan fingerprint density at radius 3 is 2.67 bits per heavy atom. The van der Waals surface area contributed by atoms with E-state index in [0.717, 1.165) is 40.1 Å². The Labute approximate surface area is 167 Å². The molecule has 0 N–H and O–H groups in total. The number of piperidine rings is 1. The first-order valence-corrected chi connectivity index (χ1v) is 11.0. The molecule has 0 spiro atoms. The van der Waals surface area contributed by atoms with Gasteiger partial charge < -0.3 is 9.64 Å². The number of fused-ring (bicyclic) bond motifs is 1. The maximum atomic E-state index is 12.4. The first-order chi connectivity index (χ1) is 12.9. The number of carbonyl (C=O) groups excluding carboxylic acids is 2. The summed E-state index contributed by atoms with van der Waals surface area (Å²) in [5.74, 6) is -0.387. The van der Waals surface area contributed by atoms with Crippen molar-refractivity contribution in [1.29, 1.82) is 0 Å². The summed E-state index contributed by atoms with van der Waals surface area (Å²) in [5, 5.41) is 1.79. The fourth-order valence-electron chi connectivity index (χ4n) is 3.56.